The van der Waals surface area contributed by atoms with Gasteiger partial charge in [-0.3, -0.25) is 9.59 Å². The highest BCUT2D eigenvalue weighted by Crippen LogP contribution is 2.26. The predicted octanol–water partition coefficient (Wildman–Crippen LogP) is -1.02. The molecule has 102 valence electrons. The van der Waals surface area contributed by atoms with Crippen LogP contribution in [0.3, 0.4) is 0 Å². The number of carbonyl (C=O) groups excluding carboxylic acids is 2. The van der Waals surface area contributed by atoms with E-state index < -0.39 is 12.0 Å². The van der Waals surface area contributed by atoms with Gasteiger partial charge in [0.2, 0.25) is 11.8 Å². The lowest BCUT2D eigenvalue weighted by atomic mass is 9.78. The number of rotatable bonds is 3. The van der Waals surface area contributed by atoms with Crippen molar-refractivity contribution < 1.29 is 19.4 Å². The topological polar surface area (TPSA) is 78.9 Å². The second kappa shape index (κ2) is 5.24. The second-order valence-corrected chi connectivity index (χ2v) is 5.03. The molecule has 0 unspecified atom stereocenters. The van der Waals surface area contributed by atoms with Gasteiger partial charge in [0, 0.05) is 13.1 Å². The van der Waals surface area contributed by atoms with Crippen molar-refractivity contribution in [2.75, 3.05) is 26.3 Å². The van der Waals surface area contributed by atoms with Crippen LogP contribution in [0.5, 0.6) is 0 Å². The number of nitrogens with one attached hydrogen (secondary N) is 1. The van der Waals surface area contributed by atoms with Crippen molar-refractivity contribution in [2.45, 2.75) is 26.0 Å². The van der Waals surface area contributed by atoms with Gasteiger partial charge >= 0.3 is 0 Å². The smallest absolute Gasteiger partial charge is 0.228 e. The molecule has 2 N–H and O–H groups in total. The summed E-state index contributed by atoms with van der Waals surface area (Å²) in [6.45, 7) is 5.72. The Morgan fingerprint density at radius 3 is 2.56 bits per heavy atom. The first kappa shape index (κ1) is 13.3. The molecule has 0 aromatic heterocycles. The number of ether oxygens (including phenoxy) is 1. The van der Waals surface area contributed by atoms with Crippen LogP contribution >= 0.6 is 0 Å². The molecule has 0 spiro atoms. The molecule has 2 heterocycles. The maximum absolute atomic E-state index is 12.2. The third-order valence-corrected chi connectivity index (χ3v) is 3.77. The first-order valence-corrected chi connectivity index (χ1v) is 6.37. The third-order valence-electron chi connectivity index (χ3n) is 3.77. The number of amides is 2. The van der Waals surface area contributed by atoms with E-state index in [-0.39, 0.29) is 23.8 Å². The van der Waals surface area contributed by atoms with Crippen molar-refractivity contribution in [3.63, 3.8) is 0 Å². The van der Waals surface area contributed by atoms with E-state index in [4.69, 9.17) is 4.74 Å². The molecular formula is C12H20N2O4. The molecule has 2 aliphatic heterocycles. The van der Waals surface area contributed by atoms with E-state index in [2.05, 4.69) is 5.32 Å². The molecule has 2 amide bonds. The Morgan fingerprint density at radius 1 is 1.44 bits per heavy atom. The lowest BCUT2D eigenvalue weighted by molar-refractivity contribution is -0.150. The van der Waals surface area contributed by atoms with Crippen LogP contribution in [0.25, 0.3) is 0 Å². The third kappa shape index (κ3) is 2.35. The number of nitrogens with zero attached hydrogens (tertiary/aromatic N) is 1. The maximum atomic E-state index is 12.2. The van der Waals surface area contributed by atoms with Gasteiger partial charge in [-0.1, -0.05) is 6.92 Å². The van der Waals surface area contributed by atoms with E-state index in [1.807, 2.05) is 0 Å². The molecule has 6 heteroatoms. The minimum Gasteiger partial charge on any atom is -0.393 e. The Balaban J connectivity index is 1.96. The van der Waals surface area contributed by atoms with Crippen LogP contribution in [-0.4, -0.2) is 60.3 Å². The Kier molecular flexibility index (Phi) is 3.87. The fourth-order valence-corrected chi connectivity index (χ4v) is 2.60. The Hall–Kier alpha value is -1.14. The zero-order valence-corrected chi connectivity index (χ0v) is 10.8. The quantitative estimate of drug-likeness (QED) is 0.633. The molecule has 0 aromatic rings. The van der Waals surface area contributed by atoms with Gasteiger partial charge in [0.25, 0.3) is 0 Å². The van der Waals surface area contributed by atoms with Crippen molar-refractivity contribution in [3.05, 3.63) is 0 Å². The lowest BCUT2D eigenvalue weighted by Crippen LogP contribution is -2.66. The number of aliphatic hydroxyl groups excluding tert-OH is 1. The van der Waals surface area contributed by atoms with Crippen LogP contribution in [-0.2, 0) is 14.3 Å². The number of hydrogen-bond donors (Lipinski definition) is 2. The Labute approximate surface area is 106 Å². The number of hydrogen-bond acceptors (Lipinski definition) is 4. The summed E-state index contributed by atoms with van der Waals surface area (Å²) < 4.78 is 5.20. The molecule has 0 saturated carbocycles. The summed E-state index contributed by atoms with van der Waals surface area (Å²) >= 11 is 0. The largest absolute Gasteiger partial charge is 0.393 e. The van der Waals surface area contributed by atoms with E-state index in [0.29, 0.717) is 26.3 Å². The van der Waals surface area contributed by atoms with Crippen LogP contribution in [0.15, 0.2) is 0 Å². The van der Waals surface area contributed by atoms with Gasteiger partial charge < -0.3 is 20.1 Å². The molecule has 0 radical (unpaired) electrons. The van der Waals surface area contributed by atoms with Crippen LogP contribution in [0.1, 0.15) is 13.8 Å². The van der Waals surface area contributed by atoms with E-state index in [9.17, 15) is 14.7 Å². The van der Waals surface area contributed by atoms with Gasteiger partial charge in [-0.15, -0.1) is 0 Å². The van der Waals surface area contributed by atoms with Gasteiger partial charge in [-0.25, -0.2) is 0 Å². The highest BCUT2D eigenvalue weighted by atomic mass is 16.5. The molecule has 18 heavy (non-hydrogen) atoms. The summed E-state index contributed by atoms with van der Waals surface area (Å²) in [5.74, 6) is -0.920. The minimum atomic E-state index is -0.719. The summed E-state index contributed by atoms with van der Waals surface area (Å²) in [5, 5.41) is 12.3. The van der Waals surface area contributed by atoms with Crippen LogP contribution in [0.2, 0.25) is 0 Å². The summed E-state index contributed by atoms with van der Waals surface area (Å²) in [6.07, 6.45) is -0.719. The number of carbonyl (C=O) groups is 2. The summed E-state index contributed by atoms with van der Waals surface area (Å²) in [4.78, 5) is 25.4. The highest BCUT2D eigenvalue weighted by Gasteiger charge is 2.47. The van der Waals surface area contributed by atoms with Crippen molar-refractivity contribution in [2.24, 2.45) is 11.8 Å². The molecule has 0 aliphatic carbocycles. The molecule has 2 saturated heterocycles. The molecule has 0 aromatic carbocycles. The van der Waals surface area contributed by atoms with E-state index >= 15 is 0 Å². The molecule has 6 nitrogen and oxygen atoms in total. The lowest BCUT2D eigenvalue weighted by Gasteiger charge is -2.43. The van der Waals surface area contributed by atoms with E-state index in [0.717, 1.165) is 0 Å². The zero-order valence-electron chi connectivity index (χ0n) is 10.8. The fraction of sp³-hybridized carbons (Fsp3) is 0.833. The summed E-state index contributed by atoms with van der Waals surface area (Å²) in [5.41, 5.74) is 0. The normalized spacial score (nSPS) is 31.3. The molecule has 2 aliphatic rings. The zero-order chi connectivity index (χ0) is 13.3. The summed E-state index contributed by atoms with van der Waals surface area (Å²) in [7, 11) is 0. The molecule has 0 bridgehead atoms. The average molecular weight is 256 g/mol. The van der Waals surface area contributed by atoms with Crippen molar-refractivity contribution >= 4 is 11.8 Å². The average Bonchev–Trinajstić information content (AvgIpc) is 2.34. The standard InChI is InChI=1S/C12H20N2O4/c1-7(10-9(8(2)15)11(16)13-10)12(17)14-3-5-18-6-4-14/h7-10,15H,3-6H2,1-2H3,(H,13,16)/t7-,8-,9-,10-/m1/s1. The van der Waals surface area contributed by atoms with Gasteiger partial charge in [-0.05, 0) is 6.92 Å². The number of morpholine rings is 1. The van der Waals surface area contributed by atoms with E-state index in [1.54, 1.807) is 18.7 Å². The van der Waals surface area contributed by atoms with Crippen molar-refractivity contribution in [1.29, 1.82) is 0 Å². The van der Waals surface area contributed by atoms with Gasteiger partial charge in [0.05, 0.1) is 37.2 Å². The maximum Gasteiger partial charge on any atom is 0.228 e. The SMILES string of the molecule is C[C@@H](O)[C@H]1C(=O)N[C@@H]1[C@@H](C)C(=O)N1CCOCC1. The van der Waals surface area contributed by atoms with Crippen molar-refractivity contribution in [3.8, 4) is 0 Å². The van der Waals surface area contributed by atoms with Crippen LogP contribution in [0.4, 0.5) is 0 Å². The predicted molar refractivity (Wildman–Crippen MR) is 63.7 cm³/mol. The Bertz CT molecular complexity index is 339. The minimum absolute atomic E-state index is 0.0222. The highest BCUT2D eigenvalue weighted by molar-refractivity contribution is 5.90. The molecule has 2 fully saturated rings. The number of β-lactam (4-membered cyclic amide) rings is 1. The fourth-order valence-electron chi connectivity index (χ4n) is 2.60. The van der Waals surface area contributed by atoms with Gasteiger partial charge in [0.1, 0.15) is 0 Å². The van der Waals surface area contributed by atoms with Gasteiger partial charge in [-0.2, -0.15) is 0 Å². The first-order chi connectivity index (χ1) is 8.52. The summed E-state index contributed by atoms with van der Waals surface area (Å²) in [6, 6.07) is -0.257. The van der Waals surface area contributed by atoms with Crippen molar-refractivity contribution in [1.82, 2.24) is 10.2 Å². The van der Waals surface area contributed by atoms with Gasteiger partial charge in [0.15, 0.2) is 0 Å². The Morgan fingerprint density at radius 2 is 2.06 bits per heavy atom. The monoisotopic (exact) mass is 256 g/mol. The second-order valence-electron chi connectivity index (χ2n) is 5.03. The molecule has 2 rings (SSSR count). The first-order valence-electron chi connectivity index (χ1n) is 6.37. The molecular weight excluding hydrogens is 236 g/mol. The van der Waals surface area contributed by atoms with Crippen LogP contribution in [0, 0.1) is 11.8 Å². The van der Waals surface area contributed by atoms with E-state index in [1.165, 1.54) is 0 Å². The number of aliphatic hydroxyl groups is 1. The molecule has 4 atom stereocenters. The van der Waals surface area contributed by atoms with Crippen LogP contribution < -0.4 is 5.32 Å².